The number of amides is 1. The summed E-state index contributed by atoms with van der Waals surface area (Å²) >= 11 is 0. The van der Waals surface area contributed by atoms with Gasteiger partial charge in [-0.05, 0) is 50.2 Å². The molecule has 0 unspecified atom stereocenters. The molecule has 0 aromatic heterocycles. The third kappa shape index (κ3) is 3.83. The van der Waals surface area contributed by atoms with Gasteiger partial charge in [-0.15, -0.1) is 0 Å². The van der Waals surface area contributed by atoms with Gasteiger partial charge in [-0.2, -0.15) is 0 Å². The minimum absolute atomic E-state index is 0.507. The van der Waals surface area contributed by atoms with Gasteiger partial charge in [0, 0.05) is 0 Å². The number of carbonyl (C=O) groups is 1. The zero-order valence-electron chi connectivity index (χ0n) is 12.2. The Morgan fingerprint density at radius 3 is 2.75 bits per heavy atom. The lowest BCUT2D eigenvalue weighted by Crippen LogP contribution is -2.15. The molecule has 1 saturated carbocycles. The second kappa shape index (κ2) is 7.08. The fourth-order valence-corrected chi connectivity index (χ4v) is 2.48. The molecule has 4 nitrogen and oxygen atoms in total. The topological polar surface area (TPSA) is 50.7 Å². The Morgan fingerprint density at radius 1 is 1.30 bits per heavy atom. The van der Waals surface area contributed by atoms with E-state index in [0.29, 0.717) is 0 Å². The molecule has 0 radical (unpaired) electrons. The molecule has 2 rings (SSSR count). The maximum absolute atomic E-state index is 11.8. The fourth-order valence-electron chi connectivity index (χ4n) is 2.48. The van der Waals surface area contributed by atoms with Crippen LogP contribution in [-0.4, -0.2) is 11.8 Å². The molecule has 0 atom stereocenters. The van der Waals surface area contributed by atoms with Crippen LogP contribution in [0.2, 0.25) is 0 Å². The summed E-state index contributed by atoms with van der Waals surface area (Å²) in [5.41, 5.74) is 3.97. The molecule has 20 heavy (non-hydrogen) atoms. The third-order valence-electron chi connectivity index (χ3n) is 3.66. The van der Waals surface area contributed by atoms with E-state index in [2.05, 4.69) is 17.4 Å². The Bertz CT molecular complexity index is 501. The van der Waals surface area contributed by atoms with E-state index in [9.17, 15) is 4.79 Å². The monoisotopic (exact) mass is 274 g/mol. The highest BCUT2D eigenvalue weighted by Crippen LogP contribution is 2.21. The predicted molar refractivity (Wildman–Crippen MR) is 81.2 cm³/mol. The number of anilines is 1. The largest absolute Gasteiger partial charge is 0.437 e. The van der Waals surface area contributed by atoms with Crippen molar-refractivity contribution in [2.75, 3.05) is 5.32 Å². The number of carbonyl (C=O) groups excluding carboxylic acids is 1. The van der Waals surface area contributed by atoms with Gasteiger partial charge in [-0.25, -0.2) is 4.79 Å². The number of hydrogen-bond donors (Lipinski definition) is 1. The van der Waals surface area contributed by atoms with Crippen molar-refractivity contribution in [3.05, 3.63) is 29.3 Å². The third-order valence-corrected chi connectivity index (χ3v) is 3.66. The van der Waals surface area contributed by atoms with E-state index in [1.807, 2.05) is 25.1 Å². The Labute approximate surface area is 120 Å². The summed E-state index contributed by atoms with van der Waals surface area (Å²) in [7, 11) is 0. The molecule has 0 aliphatic heterocycles. The highest BCUT2D eigenvalue weighted by atomic mass is 16.7. The van der Waals surface area contributed by atoms with E-state index in [-0.39, 0.29) is 0 Å². The first kappa shape index (κ1) is 14.6. The van der Waals surface area contributed by atoms with E-state index in [1.54, 1.807) is 0 Å². The summed E-state index contributed by atoms with van der Waals surface area (Å²) < 4.78 is 0. The summed E-state index contributed by atoms with van der Waals surface area (Å²) in [5, 5.41) is 6.77. The lowest BCUT2D eigenvalue weighted by molar-refractivity contribution is 0.165. The second-order valence-corrected chi connectivity index (χ2v) is 5.18. The fraction of sp³-hybridized carbons (Fsp3) is 0.500. The first-order valence-electron chi connectivity index (χ1n) is 7.33. The average molecular weight is 274 g/mol. The number of aryl methyl sites for hydroxylation is 2. The molecule has 1 amide bonds. The van der Waals surface area contributed by atoms with E-state index < -0.39 is 6.09 Å². The molecule has 4 heteroatoms. The first-order valence-corrected chi connectivity index (χ1v) is 7.33. The van der Waals surface area contributed by atoms with Gasteiger partial charge in [0.05, 0.1) is 11.4 Å². The number of nitrogens with one attached hydrogen (secondary N) is 1. The predicted octanol–water partition coefficient (Wildman–Crippen LogP) is 4.43. The van der Waals surface area contributed by atoms with Gasteiger partial charge >= 0.3 is 6.09 Å². The summed E-state index contributed by atoms with van der Waals surface area (Å²) in [6.07, 6.45) is 5.77. The maximum Gasteiger partial charge on any atom is 0.437 e. The Kier molecular flexibility index (Phi) is 5.16. The van der Waals surface area contributed by atoms with Crippen molar-refractivity contribution in [2.45, 2.75) is 52.4 Å². The van der Waals surface area contributed by atoms with E-state index in [1.165, 1.54) is 6.42 Å². The smallest absolute Gasteiger partial charge is 0.298 e. The highest BCUT2D eigenvalue weighted by Gasteiger charge is 2.11. The van der Waals surface area contributed by atoms with Gasteiger partial charge < -0.3 is 0 Å². The molecule has 0 saturated heterocycles. The number of hydrogen-bond acceptors (Lipinski definition) is 3. The molecular formula is C16H22N2O2. The molecule has 1 aromatic carbocycles. The van der Waals surface area contributed by atoms with Crippen molar-refractivity contribution in [2.24, 2.45) is 5.16 Å². The SMILES string of the molecule is CCc1cccc(C)c1NC(=O)ON=C1CCCCC1. The molecule has 1 aromatic rings. The Hall–Kier alpha value is -1.84. The van der Waals surface area contributed by atoms with Crippen LogP contribution < -0.4 is 5.32 Å². The van der Waals surface area contributed by atoms with E-state index >= 15 is 0 Å². The average Bonchev–Trinajstić information content (AvgIpc) is 2.48. The summed E-state index contributed by atoms with van der Waals surface area (Å²) in [4.78, 5) is 16.8. The van der Waals surface area contributed by atoms with Crippen molar-refractivity contribution < 1.29 is 9.63 Å². The van der Waals surface area contributed by atoms with Crippen molar-refractivity contribution in [1.29, 1.82) is 0 Å². The summed E-state index contributed by atoms with van der Waals surface area (Å²) in [6.45, 7) is 4.04. The van der Waals surface area contributed by atoms with Crippen LogP contribution in [0.15, 0.2) is 23.4 Å². The van der Waals surface area contributed by atoms with E-state index in [0.717, 1.165) is 54.6 Å². The highest BCUT2D eigenvalue weighted by molar-refractivity contribution is 5.89. The normalized spacial score (nSPS) is 14.8. The van der Waals surface area contributed by atoms with Crippen molar-refractivity contribution in [1.82, 2.24) is 0 Å². The first-order chi connectivity index (χ1) is 9.70. The van der Waals surface area contributed by atoms with Crippen molar-refractivity contribution in [3.63, 3.8) is 0 Å². The minimum Gasteiger partial charge on any atom is -0.298 e. The Balaban J connectivity index is 1.97. The van der Waals surface area contributed by atoms with Gasteiger partial charge in [0.15, 0.2) is 0 Å². The Morgan fingerprint density at radius 2 is 2.05 bits per heavy atom. The van der Waals surface area contributed by atoms with Crippen molar-refractivity contribution >= 4 is 17.5 Å². The molecule has 1 aliphatic rings. The lowest BCUT2D eigenvalue weighted by atomic mass is 9.99. The van der Waals surface area contributed by atoms with Crippen molar-refractivity contribution in [3.8, 4) is 0 Å². The van der Waals surface area contributed by atoms with Gasteiger partial charge in [-0.1, -0.05) is 36.7 Å². The number of para-hydroxylation sites is 1. The molecular weight excluding hydrogens is 252 g/mol. The lowest BCUT2D eigenvalue weighted by Gasteiger charge is -2.13. The van der Waals surface area contributed by atoms with Crippen LogP contribution in [0, 0.1) is 6.92 Å². The molecule has 0 heterocycles. The van der Waals surface area contributed by atoms with E-state index in [4.69, 9.17) is 4.84 Å². The number of oxime groups is 1. The second-order valence-electron chi connectivity index (χ2n) is 5.18. The van der Waals surface area contributed by atoms with Gasteiger partial charge in [0.2, 0.25) is 0 Å². The molecule has 0 spiro atoms. The maximum atomic E-state index is 11.8. The number of nitrogens with zero attached hydrogens (tertiary/aromatic N) is 1. The van der Waals surface area contributed by atoms with Gasteiger partial charge in [-0.3, -0.25) is 10.2 Å². The number of benzene rings is 1. The van der Waals surface area contributed by atoms with Gasteiger partial charge in [0.1, 0.15) is 0 Å². The van der Waals surface area contributed by atoms with Crippen LogP contribution in [0.5, 0.6) is 0 Å². The van der Waals surface area contributed by atoms with Crippen LogP contribution in [0.4, 0.5) is 10.5 Å². The molecule has 1 N–H and O–H groups in total. The van der Waals surface area contributed by atoms with Crippen LogP contribution >= 0.6 is 0 Å². The van der Waals surface area contributed by atoms with Crippen LogP contribution in [-0.2, 0) is 11.3 Å². The zero-order chi connectivity index (χ0) is 14.4. The summed E-state index contributed by atoms with van der Waals surface area (Å²) in [6, 6.07) is 5.98. The number of rotatable bonds is 3. The molecule has 1 fully saturated rings. The molecule has 1 aliphatic carbocycles. The van der Waals surface area contributed by atoms with Crippen LogP contribution in [0.1, 0.15) is 50.2 Å². The minimum atomic E-state index is -0.507. The van der Waals surface area contributed by atoms with Crippen LogP contribution in [0.25, 0.3) is 0 Å². The molecule has 0 bridgehead atoms. The van der Waals surface area contributed by atoms with Gasteiger partial charge in [0.25, 0.3) is 0 Å². The summed E-state index contributed by atoms with van der Waals surface area (Å²) in [5.74, 6) is 0. The standard InChI is InChI=1S/C16H22N2O2/c1-3-13-9-7-8-12(2)15(13)17-16(19)20-18-14-10-5-4-6-11-14/h7-9H,3-6,10-11H2,1-2H3,(H,17,19). The quantitative estimate of drug-likeness (QED) is 0.655. The van der Waals surface area contributed by atoms with Crippen LogP contribution in [0.3, 0.4) is 0 Å². The molecule has 108 valence electrons. The zero-order valence-corrected chi connectivity index (χ0v) is 12.2.